The molecule has 1 nitrogen and oxygen atoms in total. The van der Waals surface area contributed by atoms with E-state index in [0.29, 0.717) is 5.68 Å². The molecule has 4 rings (SSSR count). The normalized spacial score (nSPS) is 23.6. The molecule has 3 saturated carbocycles. The SMILES string of the molecule is O=C([B-][P+](C1CCCCC1)(C1CCCCC1)C1CCCCC1)c1ccccc1. The van der Waals surface area contributed by atoms with Crippen molar-refractivity contribution in [1.29, 1.82) is 0 Å². The van der Waals surface area contributed by atoms with E-state index in [1.54, 1.807) is 0 Å². The number of hydrogen-bond acceptors (Lipinski definition) is 1. The van der Waals surface area contributed by atoms with E-state index in [1.807, 2.05) is 30.3 Å². The first-order valence-electron chi connectivity index (χ1n) is 12.1. The molecule has 3 aliphatic rings. The first kappa shape index (κ1) is 20.6. The molecule has 1 aromatic rings. The molecule has 2 radical (unpaired) electrons. The first-order chi connectivity index (χ1) is 13.8. The Morgan fingerprint density at radius 3 is 1.43 bits per heavy atom. The minimum absolute atomic E-state index is 0.357. The van der Waals surface area contributed by atoms with Crippen LogP contribution in [0, 0.1) is 0 Å². The van der Waals surface area contributed by atoms with E-state index in [-0.39, 0.29) is 0 Å². The Balaban J connectivity index is 1.70. The quantitative estimate of drug-likeness (QED) is 0.360. The van der Waals surface area contributed by atoms with Crippen LogP contribution >= 0.6 is 7.14 Å². The number of benzene rings is 1. The van der Waals surface area contributed by atoms with Gasteiger partial charge >= 0.3 is 0 Å². The molecular weight excluding hydrogens is 358 g/mol. The highest BCUT2D eigenvalue weighted by Gasteiger charge is 2.49. The molecule has 152 valence electrons. The molecule has 0 saturated heterocycles. The van der Waals surface area contributed by atoms with E-state index in [9.17, 15) is 4.79 Å². The maximum atomic E-state index is 13.6. The second-order valence-electron chi connectivity index (χ2n) is 9.63. The van der Waals surface area contributed by atoms with Gasteiger partial charge in [-0.2, -0.15) is 7.14 Å². The lowest BCUT2D eigenvalue weighted by atomic mass is 9.92. The Morgan fingerprint density at radius 2 is 1.04 bits per heavy atom. The third-order valence-electron chi connectivity index (χ3n) is 8.02. The Kier molecular flexibility index (Phi) is 7.32. The minimum atomic E-state index is -1.42. The maximum Gasteiger partial charge on any atom is 0.0261 e. The van der Waals surface area contributed by atoms with Crippen LogP contribution in [-0.4, -0.2) is 29.7 Å². The molecule has 3 aliphatic carbocycles. The summed E-state index contributed by atoms with van der Waals surface area (Å²) in [5.41, 5.74) is 3.82. The molecule has 0 aliphatic heterocycles. The fraction of sp³-hybridized carbons (Fsp3) is 0.720. The van der Waals surface area contributed by atoms with E-state index in [0.717, 1.165) is 22.5 Å². The Labute approximate surface area is 174 Å². The topological polar surface area (TPSA) is 17.1 Å². The standard InChI is InChI=1S/C25H38BOP/c27-25(21-13-5-1-6-14-21)26-28(22-15-7-2-8-16-22,23-17-9-3-10-18-23)24-19-11-4-12-20-24/h1,5-6,13-14,22-24H,2-4,7-12,15-20H2. The number of carbonyl (C=O) groups excluding carboxylic acids is 1. The van der Waals surface area contributed by atoms with Gasteiger partial charge in [0.15, 0.2) is 0 Å². The lowest BCUT2D eigenvalue weighted by Gasteiger charge is -2.57. The van der Waals surface area contributed by atoms with Crippen LogP contribution in [0.4, 0.5) is 0 Å². The number of rotatable bonds is 6. The molecule has 0 bridgehead atoms. The fourth-order valence-corrected chi connectivity index (χ4v) is 13.4. The van der Waals surface area contributed by atoms with Crippen LogP contribution in [0.15, 0.2) is 30.3 Å². The first-order valence-corrected chi connectivity index (χ1v) is 14.2. The van der Waals surface area contributed by atoms with Gasteiger partial charge in [-0.25, -0.2) is 0 Å². The predicted molar refractivity (Wildman–Crippen MR) is 124 cm³/mol. The zero-order valence-electron chi connectivity index (χ0n) is 17.7. The summed E-state index contributed by atoms with van der Waals surface area (Å²) in [5.74, 6) is 0. The fourth-order valence-electron chi connectivity index (χ4n) is 6.68. The average Bonchev–Trinajstić information content (AvgIpc) is 2.80. The molecule has 0 unspecified atom stereocenters. The van der Waals surface area contributed by atoms with Gasteiger partial charge in [0.1, 0.15) is 0 Å². The van der Waals surface area contributed by atoms with Gasteiger partial charge < -0.3 is 4.79 Å². The highest BCUT2D eigenvalue weighted by atomic mass is 31.2. The predicted octanol–water partition coefficient (Wildman–Crippen LogP) is 7.46. The Hall–Kier alpha value is -0.615. The molecule has 0 N–H and O–H groups in total. The highest BCUT2D eigenvalue weighted by Crippen LogP contribution is 2.76. The van der Waals surface area contributed by atoms with Gasteiger partial charge in [-0.15, -0.1) is 0 Å². The molecule has 0 heterocycles. The maximum absolute atomic E-state index is 13.6. The second-order valence-corrected chi connectivity index (χ2v) is 13.9. The molecule has 28 heavy (non-hydrogen) atoms. The summed E-state index contributed by atoms with van der Waals surface area (Å²) in [7, 11) is -1.42. The van der Waals surface area contributed by atoms with Gasteiger partial charge in [0.25, 0.3) is 0 Å². The summed E-state index contributed by atoms with van der Waals surface area (Å²) in [5, 5.41) is 0. The van der Waals surface area contributed by atoms with Crippen molar-refractivity contribution in [1.82, 2.24) is 0 Å². The molecule has 3 fully saturated rings. The summed E-state index contributed by atoms with van der Waals surface area (Å²) in [4.78, 5) is 13.6. The monoisotopic (exact) mass is 396 g/mol. The molecule has 1 aromatic carbocycles. The molecule has 0 amide bonds. The van der Waals surface area contributed by atoms with E-state index in [1.165, 1.54) is 96.3 Å². The highest BCUT2D eigenvalue weighted by molar-refractivity contribution is 8.05. The van der Waals surface area contributed by atoms with Crippen LogP contribution in [0.25, 0.3) is 0 Å². The summed E-state index contributed by atoms with van der Waals surface area (Å²) in [6.07, 6.45) is 21.1. The van der Waals surface area contributed by atoms with E-state index >= 15 is 0 Å². The van der Waals surface area contributed by atoms with Crippen LogP contribution in [0.5, 0.6) is 0 Å². The van der Waals surface area contributed by atoms with Crippen LogP contribution in [0.3, 0.4) is 0 Å². The van der Waals surface area contributed by atoms with Gasteiger partial charge in [-0.3, -0.25) is 0 Å². The molecular formula is C25H38BOP. The van der Waals surface area contributed by atoms with Gasteiger partial charge in [0.05, 0.1) is 0 Å². The van der Waals surface area contributed by atoms with Gasteiger partial charge in [-0.1, -0.05) is 49.6 Å². The van der Waals surface area contributed by atoms with E-state index in [4.69, 9.17) is 0 Å². The van der Waals surface area contributed by atoms with Crippen LogP contribution in [-0.2, 0) is 0 Å². The molecule has 0 atom stereocenters. The largest absolute Gasteiger partial charge is 0.343 e. The smallest absolute Gasteiger partial charge is 0.0261 e. The number of carbonyl (C=O) groups is 1. The van der Waals surface area contributed by atoms with Crippen molar-refractivity contribution in [2.24, 2.45) is 0 Å². The minimum Gasteiger partial charge on any atom is -0.343 e. The summed E-state index contributed by atoms with van der Waals surface area (Å²) in [6, 6.07) is 10.2. The molecule has 0 spiro atoms. The van der Waals surface area contributed by atoms with Crippen LogP contribution < -0.4 is 0 Å². The zero-order chi connectivity index (χ0) is 19.2. The Bertz CT molecular complexity index is 567. The Morgan fingerprint density at radius 1 is 0.643 bits per heavy atom. The average molecular weight is 396 g/mol. The van der Waals surface area contributed by atoms with Crippen molar-refractivity contribution < 1.29 is 4.79 Å². The lowest BCUT2D eigenvalue weighted by molar-refractivity contribution is 0.107. The van der Waals surface area contributed by atoms with E-state index < -0.39 is 7.14 Å². The van der Waals surface area contributed by atoms with Crippen LogP contribution in [0.1, 0.15) is 107 Å². The lowest BCUT2D eigenvalue weighted by Crippen LogP contribution is -2.41. The van der Waals surface area contributed by atoms with Crippen molar-refractivity contribution in [2.75, 3.05) is 0 Å². The summed E-state index contributed by atoms with van der Waals surface area (Å²) < 4.78 is 0. The third kappa shape index (κ3) is 4.43. The van der Waals surface area contributed by atoms with E-state index in [2.05, 4.69) is 7.00 Å². The molecule has 3 heteroatoms. The van der Waals surface area contributed by atoms with Gasteiger partial charge in [0, 0.05) is 24.0 Å². The molecule has 0 aromatic heterocycles. The van der Waals surface area contributed by atoms with Gasteiger partial charge in [0.2, 0.25) is 0 Å². The third-order valence-corrected chi connectivity index (χ3v) is 14.0. The van der Waals surface area contributed by atoms with Crippen molar-refractivity contribution in [2.45, 2.75) is 113 Å². The summed E-state index contributed by atoms with van der Waals surface area (Å²) >= 11 is 0. The van der Waals surface area contributed by atoms with Crippen LogP contribution in [0.2, 0.25) is 0 Å². The summed E-state index contributed by atoms with van der Waals surface area (Å²) in [6.45, 7) is 2.43. The van der Waals surface area contributed by atoms with Crippen molar-refractivity contribution in [3.63, 3.8) is 0 Å². The zero-order valence-corrected chi connectivity index (χ0v) is 18.6. The second kappa shape index (κ2) is 9.93. The van der Waals surface area contributed by atoms with Gasteiger partial charge in [-0.05, 0) is 88.3 Å². The van der Waals surface area contributed by atoms with Crippen molar-refractivity contribution in [3.05, 3.63) is 35.9 Å². The van der Waals surface area contributed by atoms with Crippen molar-refractivity contribution >= 4 is 19.8 Å². The number of hydrogen-bond donors (Lipinski definition) is 0. The van der Waals surface area contributed by atoms with Crippen molar-refractivity contribution in [3.8, 4) is 0 Å².